The molecule has 1 aromatic heterocycles. The number of nitrogens with zero attached hydrogens (tertiary/aromatic N) is 1. The molecule has 1 aliphatic rings. The van der Waals surface area contributed by atoms with Crippen LogP contribution in [0.3, 0.4) is 0 Å². The average molecular weight is 401 g/mol. The Morgan fingerprint density at radius 2 is 2.11 bits per heavy atom. The standard InChI is InChI=1S/C14H11Br2NOS/c1-17-10-3-2-8(6-9(10)7-13(17)18)14(16)11-4-5-12(15)19-11/h2-6,14H,7H2,1H3. The SMILES string of the molecule is CN1C(=O)Cc2cc(C(Br)c3ccc(Br)s3)ccc21. The Balaban J connectivity index is 1.95. The maximum atomic E-state index is 11.7. The number of thiophene rings is 1. The lowest BCUT2D eigenvalue weighted by Crippen LogP contribution is -2.20. The van der Waals surface area contributed by atoms with Gasteiger partial charge < -0.3 is 4.90 Å². The van der Waals surface area contributed by atoms with E-state index in [9.17, 15) is 4.79 Å². The van der Waals surface area contributed by atoms with Gasteiger partial charge >= 0.3 is 0 Å². The average Bonchev–Trinajstić information content (AvgIpc) is 2.94. The zero-order valence-corrected chi connectivity index (χ0v) is 14.2. The number of amides is 1. The third-order valence-corrected chi connectivity index (χ3v) is 6.33. The molecule has 0 saturated heterocycles. The summed E-state index contributed by atoms with van der Waals surface area (Å²) in [4.78, 5) is 14.9. The summed E-state index contributed by atoms with van der Waals surface area (Å²) in [5.41, 5.74) is 3.34. The van der Waals surface area contributed by atoms with E-state index < -0.39 is 0 Å². The summed E-state index contributed by atoms with van der Waals surface area (Å²) in [5, 5.41) is 0. The number of carbonyl (C=O) groups is 1. The van der Waals surface area contributed by atoms with Crippen LogP contribution >= 0.6 is 43.2 Å². The second-order valence-electron chi connectivity index (χ2n) is 4.52. The molecule has 0 bridgehead atoms. The first-order valence-corrected chi connectivity index (χ1v) is 8.37. The Kier molecular flexibility index (Phi) is 3.53. The summed E-state index contributed by atoms with van der Waals surface area (Å²) >= 11 is 8.94. The second kappa shape index (κ2) is 5.04. The number of anilines is 1. The highest BCUT2D eigenvalue weighted by Crippen LogP contribution is 2.39. The number of hydrogen-bond acceptors (Lipinski definition) is 2. The fourth-order valence-electron chi connectivity index (χ4n) is 2.28. The molecule has 5 heteroatoms. The number of alkyl halides is 1. The molecule has 0 fully saturated rings. The maximum absolute atomic E-state index is 11.7. The molecule has 0 N–H and O–H groups in total. The van der Waals surface area contributed by atoms with Crippen molar-refractivity contribution in [3.63, 3.8) is 0 Å². The molecule has 0 spiro atoms. The molecule has 2 aromatic rings. The van der Waals surface area contributed by atoms with Crippen LogP contribution in [0.5, 0.6) is 0 Å². The van der Waals surface area contributed by atoms with Crippen molar-refractivity contribution in [1.29, 1.82) is 0 Å². The number of hydrogen-bond donors (Lipinski definition) is 0. The third kappa shape index (κ3) is 2.39. The summed E-state index contributed by atoms with van der Waals surface area (Å²) in [5.74, 6) is 0.164. The molecule has 1 amide bonds. The van der Waals surface area contributed by atoms with Gasteiger partial charge in [-0.15, -0.1) is 11.3 Å². The predicted molar refractivity (Wildman–Crippen MR) is 86.3 cm³/mol. The fraction of sp³-hybridized carbons (Fsp3) is 0.214. The van der Waals surface area contributed by atoms with Crippen LogP contribution in [0.4, 0.5) is 5.69 Å². The van der Waals surface area contributed by atoms with Gasteiger partial charge in [0.05, 0.1) is 15.0 Å². The Bertz CT molecular complexity index is 653. The van der Waals surface area contributed by atoms with Gasteiger partial charge in [0.25, 0.3) is 0 Å². The molecular formula is C14H11Br2NOS. The Morgan fingerprint density at radius 1 is 1.32 bits per heavy atom. The van der Waals surface area contributed by atoms with Gasteiger partial charge in [-0.25, -0.2) is 0 Å². The van der Waals surface area contributed by atoms with Crippen LogP contribution in [0.25, 0.3) is 0 Å². The normalized spacial score (nSPS) is 15.7. The van der Waals surface area contributed by atoms with Crippen molar-refractivity contribution in [2.75, 3.05) is 11.9 Å². The predicted octanol–water partition coefficient (Wildman–Crippen LogP) is 4.51. The zero-order valence-electron chi connectivity index (χ0n) is 10.2. The van der Waals surface area contributed by atoms with E-state index in [-0.39, 0.29) is 10.7 Å². The summed E-state index contributed by atoms with van der Waals surface area (Å²) in [6.45, 7) is 0. The van der Waals surface area contributed by atoms with E-state index in [0.717, 1.165) is 15.0 Å². The molecule has 1 unspecified atom stereocenters. The van der Waals surface area contributed by atoms with Crippen LogP contribution in [0.2, 0.25) is 0 Å². The highest BCUT2D eigenvalue weighted by Gasteiger charge is 2.25. The van der Waals surface area contributed by atoms with E-state index in [0.29, 0.717) is 6.42 Å². The van der Waals surface area contributed by atoms with Crippen molar-refractivity contribution in [3.8, 4) is 0 Å². The van der Waals surface area contributed by atoms with Gasteiger partial charge in [-0.2, -0.15) is 0 Å². The first kappa shape index (κ1) is 13.3. The Hall–Kier alpha value is -0.650. The van der Waals surface area contributed by atoms with E-state index in [2.05, 4.69) is 56.1 Å². The maximum Gasteiger partial charge on any atom is 0.231 e. The molecule has 2 heterocycles. The van der Waals surface area contributed by atoms with E-state index in [1.54, 1.807) is 16.2 Å². The molecule has 0 aliphatic carbocycles. The third-order valence-electron chi connectivity index (χ3n) is 3.32. The zero-order chi connectivity index (χ0) is 13.6. The van der Waals surface area contributed by atoms with Crippen molar-refractivity contribution in [2.45, 2.75) is 11.2 Å². The minimum Gasteiger partial charge on any atom is -0.315 e. The Morgan fingerprint density at radius 3 is 2.79 bits per heavy atom. The van der Waals surface area contributed by atoms with Gasteiger partial charge in [0.1, 0.15) is 0 Å². The number of likely N-dealkylation sites (N-methyl/N-ethyl adjacent to an activating group) is 1. The second-order valence-corrected chi connectivity index (χ2v) is 7.93. The molecule has 0 saturated carbocycles. The monoisotopic (exact) mass is 399 g/mol. The lowest BCUT2D eigenvalue weighted by Gasteiger charge is -2.12. The highest BCUT2D eigenvalue weighted by atomic mass is 79.9. The van der Waals surface area contributed by atoms with E-state index in [1.165, 1.54) is 10.4 Å². The van der Waals surface area contributed by atoms with Crippen molar-refractivity contribution in [1.82, 2.24) is 0 Å². The molecule has 98 valence electrons. The van der Waals surface area contributed by atoms with Crippen LogP contribution < -0.4 is 4.90 Å². The molecule has 1 atom stereocenters. The number of benzene rings is 1. The van der Waals surface area contributed by atoms with Crippen LogP contribution in [-0.2, 0) is 11.2 Å². The number of carbonyl (C=O) groups excluding carboxylic acids is 1. The molecule has 1 aromatic carbocycles. The van der Waals surface area contributed by atoms with Gasteiger partial charge in [0, 0.05) is 17.6 Å². The minimum atomic E-state index is 0.164. The minimum absolute atomic E-state index is 0.164. The van der Waals surface area contributed by atoms with Crippen LogP contribution in [0, 0.1) is 0 Å². The number of halogens is 2. The summed E-state index contributed by atoms with van der Waals surface area (Å²) in [6, 6.07) is 10.4. The molecule has 0 radical (unpaired) electrons. The quantitative estimate of drug-likeness (QED) is 0.679. The number of rotatable bonds is 2. The summed E-state index contributed by atoms with van der Waals surface area (Å²) < 4.78 is 1.13. The molecule has 1 aliphatic heterocycles. The smallest absolute Gasteiger partial charge is 0.231 e. The van der Waals surface area contributed by atoms with Crippen LogP contribution in [-0.4, -0.2) is 13.0 Å². The molecule has 19 heavy (non-hydrogen) atoms. The lowest BCUT2D eigenvalue weighted by molar-refractivity contribution is -0.117. The lowest BCUT2D eigenvalue weighted by atomic mass is 10.1. The van der Waals surface area contributed by atoms with Crippen LogP contribution in [0.1, 0.15) is 20.8 Å². The molecule has 3 rings (SSSR count). The van der Waals surface area contributed by atoms with E-state index in [4.69, 9.17) is 0 Å². The van der Waals surface area contributed by atoms with Crippen molar-refractivity contribution >= 4 is 54.8 Å². The van der Waals surface area contributed by atoms with Gasteiger partial charge in [-0.05, 0) is 45.3 Å². The van der Waals surface area contributed by atoms with Gasteiger partial charge in [0.2, 0.25) is 5.91 Å². The summed E-state index contributed by atoms with van der Waals surface area (Å²) in [7, 11) is 1.83. The van der Waals surface area contributed by atoms with E-state index in [1.807, 2.05) is 13.1 Å². The van der Waals surface area contributed by atoms with Crippen molar-refractivity contribution in [2.24, 2.45) is 0 Å². The van der Waals surface area contributed by atoms with Gasteiger partial charge in [-0.1, -0.05) is 28.1 Å². The number of fused-ring (bicyclic) bond motifs is 1. The first-order chi connectivity index (χ1) is 9.06. The van der Waals surface area contributed by atoms with Crippen molar-refractivity contribution < 1.29 is 4.79 Å². The molecule has 2 nitrogen and oxygen atoms in total. The van der Waals surface area contributed by atoms with Crippen LogP contribution in [0.15, 0.2) is 34.1 Å². The first-order valence-electron chi connectivity index (χ1n) is 5.85. The van der Waals surface area contributed by atoms with Gasteiger partial charge in [-0.3, -0.25) is 4.79 Å². The molecular weight excluding hydrogens is 390 g/mol. The fourth-order valence-corrected chi connectivity index (χ4v) is 4.42. The summed E-state index contributed by atoms with van der Waals surface area (Å²) in [6.07, 6.45) is 0.507. The van der Waals surface area contributed by atoms with Gasteiger partial charge in [0.15, 0.2) is 0 Å². The van der Waals surface area contributed by atoms with Crippen molar-refractivity contribution in [3.05, 3.63) is 50.1 Å². The highest BCUT2D eigenvalue weighted by molar-refractivity contribution is 9.11. The largest absolute Gasteiger partial charge is 0.315 e. The topological polar surface area (TPSA) is 20.3 Å². The van der Waals surface area contributed by atoms with E-state index >= 15 is 0 Å². The Labute approximate surface area is 132 Å².